The van der Waals surface area contributed by atoms with Crippen LogP contribution in [-0.4, -0.2) is 31.5 Å². The minimum Gasteiger partial charge on any atom is -0.371 e. The lowest BCUT2D eigenvalue weighted by atomic mass is 9.98. The van der Waals surface area contributed by atoms with Gasteiger partial charge in [0.05, 0.1) is 6.61 Å². The lowest BCUT2D eigenvalue weighted by Crippen LogP contribution is -2.39. The topological polar surface area (TPSA) is 21.3 Å². The Morgan fingerprint density at radius 3 is 2.19 bits per heavy atom. The Labute approximate surface area is 132 Å². The summed E-state index contributed by atoms with van der Waals surface area (Å²) in [6.07, 6.45) is -4.29. The highest BCUT2D eigenvalue weighted by Crippen LogP contribution is 2.21. The summed E-state index contributed by atoms with van der Waals surface area (Å²) in [5.41, 5.74) is 0.856. The van der Waals surface area contributed by atoms with Crippen LogP contribution >= 0.6 is 15.9 Å². The summed E-state index contributed by atoms with van der Waals surface area (Å²) < 4.78 is 42.3. The summed E-state index contributed by atoms with van der Waals surface area (Å²) >= 11 is 3.35. The number of nitrogens with one attached hydrogen (secondary N) is 1. The first-order valence-electron chi connectivity index (χ1n) is 6.72. The molecule has 0 aliphatic carbocycles. The van der Waals surface area contributed by atoms with Gasteiger partial charge in [-0.2, -0.15) is 13.2 Å². The maximum absolute atomic E-state index is 12.2. The number of ether oxygens (including phenoxy) is 1. The molecule has 0 aromatic heterocycles. The molecule has 6 heteroatoms. The van der Waals surface area contributed by atoms with Crippen LogP contribution in [0.4, 0.5) is 13.2 Å². The van der Waals surface area contributed by atoms with E-state index in [9.17, 15) is 13.2 Å². The molecule has 0 aliphatic rings. The van der Waals surface area contributed by atoms with Crippen molar-refractivity contribution in [3.8, 4) is 0 Å². The average Bonchev–Trinajstić information content (AvgIpc) is 2.32. The molecule has 0 radical (unpaired) electrons. The number of hydrogen-bond acceptors (Lipinski definition) is 2. The molecule has 1 aromatic rings. The van der Waals surface area contributed by atoms with Crippen molar-refractivity contribution in [2.45, 2.75) is 38.4 Å². The summed E-state index contributed by atoms with van der Waals surface area (Å²) in [7, 11) is 0. The van der Waals surface area contributed by atoms with Crippen molar-refractivity contribution >= 4 is 15.9 Å². The van der Waals surface area contributed by atoms with Crippen LogP contribution in [0, 0.1) is 0 Å². The molecule has 1 N–H and O–H groups in total. The third-order valence-corrected chi connectivity index (χ3v) is 3.33. The number of rotatable bonds is 6. The Bertz CT molecular complexity index is 426. The Kier molecular flexibility index (Phi) is 6.69. The van der Waals surface area contributed by atoms with E-state index in [1.54, 1.807) is 0 Å². The van der Waals surface area contributed by atoms with Gasteiger partial charge in [0, 0.05) is 22.5 Å². The van der Waals surface area contributed by atoms with Crippen molar-refractivity contribution in [3.05, 3.63) is 34.3 Å². The van der Waals surface area contributed by atoms with Gasteiger partial charge < -0.3 is 10.1 Å². The van der Waals surface area contributed by atoms with Crippen molar-refractivity contribution < 1.29 is 17.9 Å². The van der Waals surface area contributed by atoms with E-state index in [4.69, 9.17) is 4.74 Å². The smallest absolute Gasteiger partial charge is 0.371 e. The molecule has 0 aliphatic heterocycles. The number of benzene rings is 1. The molecular formula is C15H21BrF3NO. The number of alkyl halides is 3. The summed E-state index contributed by atoms with van der Waals surface area (Å²) in [6.45, 7) is 5.43. The Hall–Kier alpha value is -0.590. The summed E-state index contributed by atoms with van der Waals surface area (Å²) in [4.78, 5) is 0. The highest BCUT2D eigenvalue weighted by Gasteiger charge is 2.28. The fourth-order valence-corrected chi connectivity index (χ4v) is 2.02. The molecule has 120 valence electrons. The molecule has 2 nitrogen and oxygen atoms in total. The van der Waals surface area contributed by atoms with Gasteiger partial charge in [0.15, 0.2) is 0 Å². The minimum atomic E-state index is -4.29. The Morgan fingerprint density at radius 2 is 1.71 bits per heavy atom. The van der Waals surface area contributed by atoms with Crippen LogP contribution in [-0.2, 0) is 4.74 Å². The van der Waals surface area contributed by atoms with Gasteiger partial charge >= 0.3 is 6.18 Å². The highest BCUT2D eigenvalue weighted by molar-refractivity contribution is 9.10. The molecule has 1 aromatic carbocycles. The Morgan fingerprint density at radius 1 is 1.14 bits per heavy atom. The largest absolute Gasteiger partial charge is 0.411 e. The van der Waals surface area contributed by atoms with Crippen LogP contribution < -0.4 is 5.32 Å². The van der Waals surface area contributed by atoms with Gasteiger partial charge in [-0.3, -0.25) is 0 Å². The van der Waals surface area contributed by atoms with Gasteiger partial charge in [0.2, 0.25) is 0 Å². The average molecular weight is 368 g/mol. The molecule has 0 saturated carbocycles. The van der Waals surface area contributed by atoms with Gasteiger partial charge in [0.1, 0.15) is 6.61 Å². The quantitative estimate of drug-likeness (QED) is 0.799. The van der Waals surface area contributed by atoms with Crippen LogP contribution in [0.5, 0.6) is 0 Å². The zero-order valence-corrected chi connectivity index (χ0v) is 14.0. The lowest BCUT2D eigenvalue weighted by Gasteiger charge is -2.26. The third kappa shape index (κ3) is 8.44. The molecular weight excluding hydrogens is 347 g/mol. The van der Waals surface area contributed by atoms with E-state index in [-0.39, 0.29) is 18.1 Å². The molecule has 0 fully saturated rings. The predicted molar refractivity (Wildman–Crippen MR) is 81.5 cm³/mol. The molecule has 0 bridgehead atoms. The molecule has 0 amide bonds. The third-order valence-electron chi connectivity index (χ3n) is 2.80. The van der Waals surface area contributed by atoms with Gasteiger partial charge in [-0.1, -0.05) is 28.1 Å². The second kappa shape index (κ2) is 7.61. The van der Waals surface area contributed by atoms with Crippen LogP contribution in [0.2, 0.25) is 0 Å². The number of hydrogen-bond donors (Lipinski definition) is 1. The van der Waals surface area contributed by atoms with E-state index in [0.29, 0.717) is 6.54 Å². The monoisotopic (exact) mass is 367 g/mol. The van der Waals surface area contributed by atoms with Gasteiger partial charge in [-0.25, -0.2) is 0 Å². The second-order valence-electron chi connectivity index (χ2n) is 6.01. The van der Waals surface area contributed by atoms with E-state index in [2.05, 4.69) is 21.2 Å². The zero-order valence-electron chi connectivity index (χ0n) is 12.4. The Balaban J connectivity index is 2.67. The van der Waals surface area contributed by atoms with Gasteiger partial charge in [0.25, 0.3) is 0 Å². The predicted octanol–water partition coefficient (Wildman–Crippen LogP) is 4.50. The van der Waals surface area contributed by atoms with E-state index in [0.717, 1.165) is 10.0 Å². The van der Waals surface area contributed by atoms with Crippen LogP contribution in [0.25, 0.3) is 0 Å². The summed E-state index contributed by atoms with van der Waals surface area (Å²) in [6, 6.07) is 7.55. The van der Waals surface area contributed by atoms with E-state index in [1.807, 2.05) is 45.0 Å². The molecule has 1 atom stereocenters. The first kappa shape index (κ1) is 18.5. The van der Waals surface area contributed by atoms with Crippen molar-refractivity contribution in [3.63, 3.8) is 0 Å². The second-order valence-corrected chi connectivity index (χ2v) is 6.93. The van der Waals surface area contributed by atoms with Crippen LogP contribution in [0.1, 0.15) is 32.3 Å². The molecule has 0 saturated heterocycles. The molecule has 1 unspecified atom stereocenters. The lowest BCUT2D eigenvalue weighted by molar-refractivity contribution is -0.174. The van der Waals surface area contributed by atoms with Crippen molar-refractivity contribution in [2.24, 2.45) is 0 Å². The van der Waals surface area contributed by atoms with Crippen molar-refractivity contribution in [2.75, 3.05) is 19.8 Å². The van der Waals surface area contributed by atoms with E-state index in [1.165, 1.54) is 0 Å². The van der Waals surface area contributed by atoms with Gasteiger partial charge in [-0.05, 0) is 38.5 Å². The first-order chi connectivity index (χ1) is 9.57. The van der Waals surface area contributed by atoms with Crippen LogP contribution in [0.3, 0.4) is 0 Å². The molecule has 21 heavy (non-hydrogen) atoms. The van der Waals surface area contributed by atoms with Crippen molar-refractivity contribution in [1.82, 2.24) is 5.32 Å². The highest BCUT2D eigenvalue weighted by atomic mass is 79.9. The van der Waals surface area contributed by atoms with E-state index >= 15 is 0 Å². The van der Waals surface area contributed by atoms with Crippen LogP contribution in [0.15, 0.2) is 28.7 Å². The summed E-state index contributed by atoms with van der Waals surface area (Å²) in [5, 5.41) is 3.31. The van der Waals surface area contributed by atoms with E-state index < -0.39 is 12.8 Å². The fourth-order valence-electron chi connectivity index (χ4n) is 1.75. The molecule has 1 rings (SSSR count). The first-order valence-corrected chi connectivity index (χ1v) is 7.51. The standard InChI is InChI=1S/C15H21BrF3NO/c1-14(2,3)20-8-12(9-21-10-15(17,18)19)11-4-6-13(16)7-5-11/h4-7,12,20H,8-10H2,1-3H3. The minimum absolute atomic E-state index is 0.0320. The van der Waals surface area contributed by atoms with Crippen molar-refractivity contribution in [1.29, 1.82) is 0 Å². The SMILES string of the molecule is CC(C)(C)NCC(COCC(F)(F)F)c1ccc(Br)cc1. The maximum atomic E-state index is 12.2. The maximum Gasteiger partial charge on any atom is 0.411 e. The number of halogens is 4. The summed E-state index contributed by atoms with van der Waals surface area (Å²) in [5.74, 6) is -0.125. The normalized spacial score (nSPS) is 14.2. The van der Waals surface area contributed by atoms with Gasteiger partial charge in [-0.15, -0.1) is 0 Å². The molecule has 0 spiro atoms. The fraction of sp³-hybridized carbons (Fsp3) is 0.600. The zero-order chi connectivity index (χ0) is 16.1. The molecule has 0 heterocycles.